The summed E-state index contributed by atoms with van der Waals surface area (Å²) >= 11 is 7.94. The summed E-state index contributed by atoms with van der Waals surface area (Å²) in [6.07, 6.45) is 12.3. The Labute approximate surface area is 714 Å². The SMILES string of the molecule is Cc1sc2c(c1C)C(c1ccc(Cl)cc1)=N[C@@H](CC(=O)Nc1ccc(CCCOCCOCCOCCOCCOCCC(=O)NCCCN(C)CCCNC(=O)CCNC(=O)c3nc(NC(=O)CCNC(=O)c4cc(NC(=O)c5nc(NC(=O)CCNC(=O)c6cc(NC(=O)c7nccn7C)cn6C)cn5C)cn4C)cn3C)cc1)c1nnc(C)n1-2. The molecule has 1 aliphatic rings. The first-order valence-corrected chi connectivity index (χ1v) is 41.2. The van der Waals surface area contributed by atoms with Crippen LogP contribution in [0.3, 0.4) is 0 Å². The number of hydrogen-bond donors (Lipinski definition) is 10. The molecule has 0 unspecified atom stereocenters. The Balaban J connectivity index is 0.476. The van der Waals surface area contributed by atoms with Gasteiger partial charge in [0.15, 0.2) is 23.3 Å². The summed E-state index contributed by atoms with van der Waals surface area (Å²) < 4.78 is 37.6. The van der Waals surface area contributed by atoms with E-state index in [1.165, 1.54) is 60.1 Å². The highest BCUT2D eigenvalue weighted by Gasteiger charge is 2.33. The predicted molar refractivity (Wildman–Crippen MR) is 457 cm³/mol. The van der Waals surface area contributed by atoms with Crippen molar-refractivity contribution >= 4 is 116 Å². The third kappa shape index (κ3) is 27.5. The number of carbonyl (C=O) groups excluding carboxylic acids is 10. The molecule has 38 nitrogen and oxygen atoms in total. The maximum Gasteiger partial charge on any atom is 0.291 e. The first-order valence-electron chi connectivity index (χ1n) is 40.0. The fourth-order valence-corrected chi connectivity index (χ4v) is 14.3. The number of thiophene rings is 1. The number of ether oxygens (including phenoxy) is 5. The van der Waals surface area contributed by atoms with Crippen molar-refractivity contribution in [3.8, 4) is 5.00 Å². The lowest BCUT2D eigenvalue weighted by atomic mass is 9.99. The van der Waals surface area contributed by atoms with Crippen molar-refractivity contribution in [1.82, 2.24) is 84.0 Å². The number of hydrogen-bond acceptors (Lipinski definition) is 23. The van der Waals surface area contributed by atoms with Gasteiger partial charge in [-0.15, -0.1) is 21.5 Å². The molecule has 652 valence electrons. The molecule has 10 rings (SSSR count). The Kier molecular flexibility index (Phi) is 34.8. The van der Waals surface area contributed by atoms with Gasteiger partial charge in [0.05, 0.1) is 83.0 Å². The zero-order valence-electron chi connectivity index (χ0n) is 69.9. The standard InChI is InChI=1S/C82H106ClN23O15S/c1-52-53(2)122-82-71(52)72(56-16-18-57(83)19-17-56)93-61(73-99-98-54(3)106(73)82)47-70(111)90-58-20-14-55(15-21-58)13-10-35-117-37-39-119-41-43-121-44-42-120-40-38-118-36-25-67(108)85-27-12-33-100(4)32-11-26-84-66(107)22-28-89-79(114)75-96-64(50-104(75)8)94-68(109)23-29-88-78(113)63-46-60(49-103(63)7)92-81(116)76-97-65(51-105(76)9)95-69(110)24-30-87-77(112)62-45-59(48-102(62)6)91-80(115)74-86-31-34-101(74)5/h14-21,31,34,45-46,48-51,61H,10-13,22-30,32-33,35-44,47H2,1-9H3,(H,84,107)(H,85,108)(H,87,112)(H,88,113)(H,89,114)(H,90,111)(H,91,115)(H,92,116)(H,94,109)(H,95,110)/t61-/m0/s1. The van der Waals surface area contributed by atoms with Gasteiger partial charge in [0.2, 0.25) is 41.2 Å². The number of amides is 10. The molecule has 0 aliphatic carbocycles. The minimum atomic E-state index is -0.639. The van der Waals surface area contributed by atoms with Gasteiger partial charge in [-0.05, 0) is 114 Å². The topological polar surface area (TPSA) is 447 Å². The summed E-state index contributed by atoms with van der Waals surface area (Å²) in [5.74, 6) is -2.48. The first kappa shape index (κ1) is 92.2. The zero-order chi connectivity index (χ0) is 87.2. The quantitative estimate of drug-likeness (QED) is 0.0198. The molecule has 0 fully saturated rings. The Morgan fingerprint density at radius 2 is 0.984 bits per heavy atom. The van der Waals surface area contributed by atoms with Crippen molar-refractivity contribution in [2.45, 2.75) is 84.6 Å². The molecule has 0 radical (unpaired) electrons. The van der Waals surface area contributed by atoms with Crippen LogP contribution in [0.1, 0.15) is 149 Å². The van der Waals surface area contributed by atoms with Gasteiger partial charge in [-0.3, -0.25) is 57.5 Å². The van der Waals surface area contributed by atoms with Gasteiger partial charge >= 0.3 is 0 Å². The van der Waals surface area contributed by atoms with E-state index in [0.29, 0.717) is 108 Å². The Hall–Kier alpha value is -12.1. The highest BCUT2D eigenvalue weighted by Crippen LogP contribution is 2.40. The molecule has 7 aromatic heterocycles. The molecule has 9 aromatic rings. The summed E-state index contributed by atoms with van der Waals surface area (Å²) in [7, 11) is 10.0. The molecule has 10 amide bonds. The van der Waals surface area contributed by atoms with Gasteiger partial charge in [0.1, 0.15) is 28.3 Å². The first-order chi connectivity index (χ1) is 58.7. The van der Waals surface area contributed by atoms with E-state index < -0.39 is 47.4 Å². The van der Waals surface area contributed by atoms with Crippen LogP contribution in [0.15, 0.2) is 103 Å². The van der Waals surface area contributed by atoms with Crippen molar-refractivity contribution in [2.75, 3.05) is 146 Å². The Bertz CT molecular complexity index is 5140. The fourth-order valence-electron chi connectivity index (χ4n) is 12.9. The summed E-state index contributed by atoms with van der Waals surface area (Å²) in [6, 6.07) is 17.8. The van der Waals surface area contributed by atoms with Crippen LogP contribution in [-0.4, -0.2) is 241 Å². The van der Waals surface area contributed by atoms with Gasteiger partial charge in [-0.2, -0.15) is 0 Å². The number of aromatic nitrogens is 11. The molecule has 8 heterocycles. The number of benzene rings is 2. The monoisotopic (exact) mass is 1720 g/mol. The molecular weight excluding hydrogens is 1610 g/mol. The number of nitrogens with one attached hydrogen (secondary N) is 10. The highest BCUT2D eigenvalue weighted by atomic mass is 35.5. The molecule has 40 heteroatoms. The van der Waals surface area contributed by atoms with Crippen LogP contribution in [0.2, 0.25) is 5.02 Å². The number of imidazole rings is 3. The minimum absolute atomic E-state index is 0.00168. The van der Waals surface area contributed by atoms with Crippen molar-refractivity contribution in [3.05, 3.63) is 171 Å². The van der Waals surface area contributed by atoms with Gasteiger partial charge in [0, 0.05) is 164 Å². The van der Waals surface area contributed by atoms with Crippen LogP contribution in [0.25, 0.3) is 5.00 Å². The van der Waals surface area contributed by atoms with Gasteiger partial charge < -0.3 is 105 Å². The zero-order valence-corrected chi connectivity index (χ0v) is 71.5. The number of aryl methyl sites for hydroxylation is 8. The molecular formula is C82H106ClN23O15S. The van der Waals surface area contributed by atoms with Crippen LogP contribution in [0, 0.1) is 20.8 Å². The van der Waals surface area contributed by atoms with E-state index in [-0.39, 0.29) is 122 Å². The number of nitrogens with zero attached hydrogens (tertiary/aromatic N) is 13. The van der Waals surface area contributed by atoms with Crippen molar-refractivity contribution < 1.29 is 71.6 Å². The second kappa shape index (κ2) is 46.1. The minimum Gasteiger partial charge on any atom is -0.379 e. The second-order valence-corrected chi connectivity index (χ2v) is 30.6. The normalized spacial score (nSPS) is 12.3. The summed E-state index contributed by atoms with van der Waals surface area (Å²) in [5, 5.41) is 38.0. The van der Waals surface area contributed by atoms with Gasteiger partial charge in [-0.25, -0.2) is 15.0 Å². The molecule has 1 atom stereocenters. The van der Waals surface area contributed by atoms with Crippen LogP contribution < -0.4 is 53.2 Å². The van der Waals surface area contributed by atoms with Crippen molar-refractivity contribution in [1.29, 1.82) is 0 Å². The van der Waals surface area contributed by atoms with Crippen LogP contribution in [0.4, 0.5) is 28.7 Å². The van der Waals surface area contributed by atoms with E-state index in [4.69, 9.17) is 40.3 Å². The summed E-state index contributed by atoms with van der Waals surface area (Å²) in [5.41, 5.74) is 6.73. The van der Waals surface area contributed by atoms with E-state index in [2.05, 4.69) is 97.1 Å². The third-order valence-corrected chi connectivity index (χ3v) is 20.8. The number of aliphatic imine (C=N–C) groups is 1. The van der Waals surface area contributed by atoms with Crippen LogP contribution in [-0.2, 0) is 89.3 Å². The van der Waals surface area contributed by atoms with E-state index in [0.717, 1.165) is 64.6 Å². The van der Waals surface area contributed by atoms with Gasteiger partial charge in [0.25, 0.3) is 29.5 Å². The molecule has 0 bridgehead atoms. The highest BCUT2D eigenvalue weighted by molar-refractivity contribution is 7.15. The predicted octanol–water partition coefficient (Wildman–Crippen LogP) is 5.90. The lowest BCUT2D eigenvalue weighted by molar-refractivity contribution is -0.122. The Morgan fingerprint density at radius 1 is 0.484 bits per heavy atom. The molecule has 2 aromatic carbocycles. The lowest BCUT2D eigenvalue weighted by Gasteiger charge is -2.16. The number of rotatable bonds is 49. The number of carbonyl (C=O) groups is 10. The lowest BCUT2D eigenvalue weighted by Crippen LogP contribution is -2.33. The average Bonchev–Trinajstić information content (AvgIpc) is 1.59. The van der Waals surface area contributed by atoms with Crippen LogP contribution >= 0.6 is 22.9 Å². The van der Waals surface area contributed by atoms with Crippen molar-refractivity contribution in [2.24, 2.45) is 40.2 Å². The maximum absolute atomic E-state index is 13.6. The number of halogens is 1. The summed E-state index contributed by atoms with van der Waals surface area (Å²) in [6.45, 7) is 12.6. The van der Waals surface area contributed by atoms with Gasteiger partial charge in [-0.1, -0.05) is 35.9 Å². The molecule has 10 N–H and O–H groups in total. The van der Waals surface area contributed by atoms with E-state index >= 15 is 0 Å². The fraction of sp³-hybridized carbons (Fsp3) is 0.439. The smallest absolute Gasteiger partial charge is 0.291 e. The van der Waals surface area contributed by atoms with E-state index in [1.54, 1.807) is 63.5 Å². The van der Waals surface area contributed by atoms with E-state index in [9.17, 15) is 47.9 Å². The second-order valence-electron chi connectivity index (χ2n) is 28.9. The maximum atomic E-state index is 13.6. The average molecular weight is 1720 g/mol. The molecule has 0 saturated heterocycles. The number of fused-ring (bicyclic) bond motifs is 3. The van der Waals surface area contributed by atoms with E-state index in [1.807, 2.05) is 67.1 Å². The molecule has 0 spiro atoms. The molecule has 122 heavy (non-hydrogen) atoms. The number of anilines is 5. The molecule has 0 saturated carbocycles. The summed E-state index contributed by atoms with van der Waals surface area (Å²) in [4.78, 5) is 150. The Morgan fingerprint density at radius 3 is 1.52 bits per heavy atom. The van der Waals surface area contributed by atoms with Crippen LogP contribution in [0.5, 0.6) is 0 Å². The van der Waals surface area contributed by atoms with Crippen molar-refractivity contribution in [3.63, 3.8) is 0 Å². The third-order valence-electron chi connectivity index (χ3n) is 19.4. The largest absolute Gasteiger partial charge is 0.379 e. The molecule has 1 aliphatic heterocycles.